The summed E-state index contributed by atoms with van der Waals surface area (Å²) in [7, 11) is 1.54. The van der Waals surface area contributed by atoms with Crippen molar-refractivity contribution in [1.82, 2.24) is 0 Å². The molecule has 1 aliphatic heterocycles. The molecule has 0 aliphatic carbocycles. The summed E-state index contributed by atoms with van der Waals surface area (Å²) >= 11 is 0. The average molecular weight is 235 g/mol. The van der Waals surface area contributed by atoms with E-state index >= 15 is 0 Å². The van der Waals surface area contributed by atoms with Gasteiger partial charge in [-0.2, -0.15) is 0 Å². The Kier molecular flexibility index (Phi) is 3.52. The van der Waals surface area contributed by atoms with Gasteiger partial charge in [0.25, 0.3) is 0 Å². The minimum Gasteiger partial charge on any atom is -0.497 e. The van der Waals surface area contributed by atoms with Crippen molar-refractivity contribution in [1.29, 1.82) is 0 Å². The summed E-state index contributed by atoms with van der Waals surface area (Å²) in [6.45, 7) is 1.87. The van der Waals surface area contributed by atoms with E-state index in [2.05, 4.69) is 4.90 Å². The van der Waals surface area contributed by atoms with Crippen LogP contribution in [0, 0.1) is 0 Å². The van der Waals surface area contributed by atoms with Gasteiger partial charge >= 0.3 is 5.97 Å². The van der Waals surface area contributed by atoms with Crippen LogP contribution in [-0.4, -0.2) is 31.3 Å². The molecule has 1 aliphatic rings. The Labute approximate surface area is 101 Å². The van der Waals surface area contributed by atoms with Gasteiger partial charge in [0.1, 0.15) is 5.75 Å². The van der Waals surface area contributed by atoms with Gasteiger partial charge < -0.3 is 14.7 Å². The number of methoxy groups -OCH3 is 1. The molecule has 0 saturated carbocycles. The van der Waals surface area contributed by atoms with Crippen molar-refractivity contribution in [2.24, 2.45) is 0 Å². The lowest BCUT2D eigenvalue weighted by atomic mass is 10.1. The molecule has 1 aromatic carbocycles. The minimum absolute atomic E-state index is 0.325. The minimum atomic E-state index is -0.899. The highest BCUT2D eigenvalue weighted by atomic mass is 16.5. The van der Waals surface area contributed by atoms with Gasteiger partial charge in [0.05, 0.1) is 18.4 Å². The predicted octanol–water partition coefficient (Wildman–Crippen LogP) is 2.38. The lowest BCUT2D eigenvalue weighted by Crippen LogP contribution is -2.30. The molecule has 0 radical (unpaired) electrons. The van der Waals surface area contributed by atoms with E-state index in [4.69, 9.17) is 4.74 Å². The molecule has 4 nitrogen and oxygen atoms in total. The Hall–Kier alpha value is -1.71. The zero-order chi connectivity index (χ0) is 12.3. The van der Waals surface area contributed by atoms with Crippen LogP contribution in [0.2, 0.25) is 0 Å². The molecule has 0 bridgehead atoms. The van der Waals surface area contributed by atoms with Gasteiger partial charge in [-0.25, -0.2) is 4.79 Å². The number of piperidine rings is 1. The van der Waals surface area contributed by atoms with Gasteiger partial charge in [-0.1, -0.05) is 0 Å². The third-order valence-electron chi connectivity index (χ3n) is 3.13. The van der Waals surface area contributed by atoms with Gasteiger partial charge in [-0.3, -0.25) is 0 Å². The van der Waals surface area contributed by atoms with Crippen LogP contribution in [0.25, 0.3) is 0 Å². The van der Waals surface area contributed by atoms with Crippen LogP contribution in [-0.2, 0) is 0 Å². The largest absolute Gasteiger partial charge is 0.497 e. The number of rotatable bonds is 3. The van der Waals surface area contributed by atoms with E-state index < -0.39 is 5.97 Å². The maximum atomic E-state index is 11.3. The Morgan fingerprint density at radius 3 is 2.59 bits per heavy atom. The highest BCUT2D eigenvalue weighted by molar-refractivity contribution is 5.95. The maximum absolute atomic E-state index is 11.3. The van der Waals surface area contributed by atoms with Crippen LogP contribution < -0.4 is 9.64 Å². The van der Waals surface area contributed by atoms with Gasteiger partial charge in [0, 0.05) is 13.1 Å². The molecule has 0 aromatic heterocycles. The molecule has 0 spiro atoms. The van der Waals surface area contributed by atoms with Crippen LogP contribution in [0.1, 0.15) is 29.6 Å². The number of carbonyl (C=O) groups is 1. The lowest BCUT2D eigenvalue weighted by molar-refractivity contribution is 0.0697. The molecular formula is C13H17NO3. The van der Waals surface area contributed by atoms with Crippen LogP contribution in [0.5, 0.6) is 5.75 Å². The zero-order valence-corrected chi connectivity index (χ0v) is 9.98. The van der Waals surface area contributed by atoms with E-state index in [1.54, 1.807) is 13.2 Å². The third kappa shape index (κ3) is 2.52. The standard InChI is InChI=1S/C13H17NO3/c1-17-10-5-6-12(11(9-10)13(15)16)14-7-3-2-4-8-14/h5-6,9H,2-4,7-8H2,1H3,(H,15,16). The van der Waals surface area contributed by atoms with Crippen LogP contribution in [0.15, 0.2) is 18.2 Å². The van der Waals surface area contributed by atoms with Crippen molar-refractivity contribution >= 4 is 11.7 Å². The number of hydrogen-bond acceptors (Lipinski definition) is 3. The summed E-state index contributed by atoms with van der Waals surface area (Å²) in [4.78, 5) is 13.4. The number of carboxylic acids is 1. The predicted molar refractivity (Wildman–Crippen MR) is 66.0 cm³/mol. The maximum Gasteiger partial charge on any atom is 0.337 e. The topological polar surface area (TPSA) is 49.8 Å². The normalized spacial score (nSPS) is 15.7. The number of carboxylic acid groups (broad SMARTS) is 1. The molecule has 0 atom stereocenters. The number of nitrogens with zero attached hydrogens (tertiary/aromatic N) is 1. The second-order valence-corrected chi connectivity index (χ2v) is 4.24. The first kappa shape index (κ1) is 11.8. The molecule has 4 heteroatoms. The molecule has 1 N–H and O–H groups in total. The van der Waals surface area contributed by atoms with E-state index in [0.717, 1.165) is 31.6 Å². The summed E-state index contributed by atoms with van der Waals surface area (Å²) < 4.78 is 5.07. The zero-order valence-electron chi connectivity index (χ0n) is 9.98. The molecule has 1 aromatic rings. The summed E-state index contributed by atoms with van der Waals surface area (Å²) in [5, 5.41) is 9.23. The summed E-state index contributed by atoms with van der Waals surface area (Å²) in [5.74, 6) is -0.312. The number of ether oxygens (including phenoxy) is 1. The van der Waals surface area contributed by atoms with Gasteiger partial charge in [0.2, 0.25) is 0 Å². The molecule has 1 heterocycles. The first-order chi connectivity index (χ1) is 8.22. The Bertz CT molecular complexity index is 411. The quantitative estimate of drug-likeness (QED) is 0.874. The van der Waals surface area contributed by atoms with Crippen LogP contribution in [0.4, 0.5) is 5.69 Å². The summed E-state index contributed by atoms with van der Waals surface area (Å²) in [5.41, 5.74) is 1.13. The van der Waals surface area contributed by atoms with Crippen molar-refractivity contribution < 1.29 is 14.6 Å². The average Bonchev–Trinajstić information content (AvgIpc) is 2.39. The van der Waals surface area contributed by atoms with Crippen LogP contribution in [0.3, 0.4) is 0 Å². The van der Waals surface area contributed by atoms with E-state index in [-0.39, 0.29) is 0 Å². The molecule has 1 fully saturated rings. The van der Waals surface area contributed by atoms with E-state index in [0.29, 0.717) is 11.3 Å². The molecular weight excluding hydrogens is 218 g/mol. The summed E-state index contributed by atoms with van der Waals surface area (Å²) in [6, 6.07) is 5.25. The fourth-order valence-electron chi connectivity index (χ4n) is 2.22. The molecule has 1 saturated heterocycles. The first-order valence-electron chi connectivity index (χ1n) is 5.88. The molecule has 17 heavy (non-hydrogen) atoms. The Morgan fingerprint density at radius 2 is 2.00 bits per heavy atom. The second-order valence-electron chi connectivity index (χ2n) is 4.24. The monoisotopic (exact) mass is 235 g/mol. The van der Waals surface area contributed by atoms with Crippen molar-refractivity contribution in [3.8, 4) is 5.75 Å². The van der Waals surface area contributed by atoms with E-state index in [9.17, 15) is 9.90 Å². The van der Waals surface area contributed by atoms with Gasteiger partial charge in [-0.05, 0) is 37.5 Å². The van der Waals surface area contributed by atoms with Gasteiger partial charge in [-0.15, -0.1) is 0 Å². The van der Waals surface area contributed by atoms with E-state index in [1.165, 1.54) is 6.42 Å². The smallest absolute Gasteiger partial charge is 0.337 e. The number of aromatic carboxylic acids is 1. The van der Waals surface area contributed by atoms with E-state index in [1.807, 2.05) is 12.1 Å². The highest BCUT2D eigenvalue weighted by Crippen LogP contribution is 2.27. The fraction of sp³-hybridized carbons (Fsp3) is 0.462. The molecule has 2 rings (SSSR count). The number of anilines is 1. The first-order valence-corrected chi connectivity index (χ1v) is 5.88. The SMILES string of the molecule is COc1ccc(N2CCCCC2)c(C(=O)O)c1. The van der Waals surface area contributed by atoms with Crippen LogP contribution >= 0.6 is 0 Å². The lowest BCUT2D eigenvalue weighted by Gasteiger charge is -2.30. The third-order valence-corrected chi connectivity index (χ3v) is 3.13. The Morgan fingerprint density at radius 1 is 1.29 bits per heavy atom. The molecule has 0 unspecified atom stereocenters. The molecule has 92 valence electrons. The Balaban J connectivity index is 2.34. The fourth-order valence-corrected chi connectivity index (χ4v) is 2.22. The van der Waals surface area contributed by atoms with Gasteiger partial charge in [0.15, 0.2) is 0 Å². The number of hydrogen-bond donors (Lipinski definition) is 1. The molecule has 0 amide bonds. The summed E-state index contributed by atoms with van der Waals surface area (Å²) in [6.07, 6.45) is 3.49. The van der Waals surface area contributed by atoms with Crippen molar-refractivity contribution in [3.05, 3.63) is 23.8 Å². The van der Waals surface area contributed by atoms with Crippen molar-refractivity contribution in [3.63, 3.8) is 0 Å². The second kappa shape index (κ2) is 5.08. The number of benzene rings is 1. The van der Waals surface area contributed by atoms with Crippen molar-refractivity contribution in [2.45, 2.75) is 19.3 Å². The highest BCUT2D eigenvalue weighted by Gasteiger charge is 2.18. The van der Waals surface area contributed by atoms with Crippen molar-refractivity contribution in [2.75, 3.05) is 25.1 Å².